The second-order valence-corrected chi connectivity index (χ2v) is 13.0. The first kappa shape index (κ1) is 38.3. The molecule has 1 aliphatic heterocycles. The molecular weight excluding hydrogens is 668 g/mol. The van der Waals surface area contributed by atoms with Gasteiger partial charge in [0, 0.05) is 37.7 Å². The minimum absolute atomic E-state index is 0.0366. The summed E-state index contributed by atoms with van der Waals surface area (Å²) in [6, 6.07) is 9.63. The Kier molecular flexibility index (Phi) is 12.6. The molecule has 0 radical (unpaired) electrons. The number of halogens is 6. The second-order valence-electron chi connectivity index (χ2n) is 13.0. The van der Waals surface area contributed by atoms with Crippen molar-refractivity contribution < 1.29 is 40.7 Å². The molecule has 1 aliphatic carbocycles. The van der Waals surface area contributed by atoms with Gasteiger partial charge in [0.2, 0.25) is 5.91 Å². The zero-order chi connectivity index (χ0) is 36.6. The molecule has 274 valence electrons. The SMILES string of the molecule is N=C(N)c1ccc(CC(CN(C(=O)C(F)(F)F)C(C(=O)NCC2CCN(C(=N)N)CC2)C2CCCCC2)c2ccccc2OC(F)(F)F)cc1. The molecule has 50 heavy (non-hydrogen) atoms. The zero-order valence-electron chi connectivity index (χ0n) is 27.5. The molecule has 0 aromatic heterocycles. The molecule has 2 aromatic rings. The fraction of sp³-hybridized carbons (Fsp3) is 0.529. The number of nitrogen functional groups attached to an aromatic ring is 1. The molecule has 0 spiro atoms. The van der Waals surface area contributed by atoms with Crippen LogP contribution in [0.2, 0.25) is 0 Å². The average molecular weight is 712 g/mol. The van der Waals surface area contributed by atoms with Gasteiger partial charge in [-0.1, -0.05) is 61.7 Å². The summed E-state index contributed by atoms with van der Waals surface area (Å²) >= 11 is 0. The Bertz CT molecular complexity index is 1490. The maximum Gasteiger partial charge on any atom is 0.573 e. The molecule has 2 unspecified atom stereocenters. The third kappa shape index (κ3) is 10.5. The van der Waals surface area contributed by atoms with E-state index in [9.17, 15) is 35.9 Å². The lowest BCUT2D eigenvalue weighted by molar-refractivity contribution is -0.275. The Balaban J connectivity index is 1.73. The maximum atomic E-state index is 14.4. The molecule has 2 aliphatic rings. The van der Waals surface area contributed by atoms with Gasteiger partial charge in [-0.3, -0.25) is 20.4 Å². The molecule has 1 saturated carbocycles. The Morgan fingerprint density at radius 2 is 1.54 bits per heavy atom. The van der Waals surface area contributed by atoms with Gasteiger partial charge >= 0.3 is 18.4 Å². The highest BCUT2D eigenvalue weighted by atomic mass is 19.4. The number of para-hydroxylation sites is 1. The lowest BCUT2D eigenvalue weighted by Crippen LogP contribution is -2.58. The van der Waals surface area contributed by atoms with Gasteiger partial charge in [-0.15, -0.1) is 13.2 Å². The molecule has 2 aromatic carbocycles. The minimum Gasteiger partial charge on any atom is -0.405 e. The van der Waals surface area contributed by atoms with E-state index in [1.807, 2.05) is 0 Å². The van der Waals surface area contributed by atoms with Gasteiger partial charge in [-0.25, -0.2) is 0 Å². The van der Waals surface area contributed by atoms with Crippen molar-refractivity contribution >= 4 is 23.6 Å². The largest absolute Gasteiger partial charge is 0.573 e. The first-order valence-corrected chi connectivity index (χ1v) is 16.6. The van der Waals surface area contributed by atoms with Gasteiger partial charge < -0.3 is 31.3 Å². The number of nitrogens with zero attached hydrogens (tertiary/aromatic N) is 2. The van der Waals surface area contributed by atoms with Crippen LogP contribution in [0.5, 0.6) is 5.75 Å². The molecule has 10 nitrogen and oxygen atoms in total. The number of hydrogen-bond donors (Lipinski definition) is 5. The molecule has 1 saturated heterocycles. The highest BCUT2D eigenvalue weighted by molar-refractivity contribution is 5.95. The quantitative estimate of drug-likeness (QED) is 0.115. The van der Waals surface area contributed by atoms with Crippen molar-refractivity contribution in [3.05, 3.63) is 65.2 Å². The summed E-state index contributed by atoms with van der Waals surface area (Å²) in [7, 11) is 0. The smallest absolute Gasteiger partial charge is 0.405 e. The van der Waals surface area contributed by atoms with Crippen LogP contribution >= 0.6 is 0 Å². The highest BCUT2D eigenvalue weighted by Gasteiger charge is 2.49. The standard InChI is InChI=1S/C34H43F6N7O3/c35-33(36,37)31(49)47(28(23-6-2-1-3-7-23)30(48)45-19-22-14-16-46(17-15-22)32(43)44)20-25(18-21-10-12-24(13-11-21)29(41)42)26-8-4-5-9-27(26)50-34(38,39)40/h4-5,8-13,22-23,25,28H,1-3,6-7,14-20H2,(H3,41,42)(H3,43,44)(H,45,48). The number of amides is 2. The van der Waals surface area contributed by atoms with Crippen LogP contribution < -0.4 is 21.5 Å². The third-order valence-corrected chi connectivity index (χ3v) is 9.47. The van der Waals surface area contributed by atoms with Crippen molar-refractivity contribution in [3.63, 3.8) is 0 Å². The first-order valence-electron chi connectivity index (χ1n) is 16.6. The molecular formula is C34H43F6N7O3. The van der Waals surface area contributed by atoms with Gasteiger partial charge in [-0.2, -0.15) is 13.2 Å². The van der Waals surface area contributed by atoms with E-state index in [2.05, 4.69) is 10.1 Å². The summed E-state index contributed by atoms with van der Waals surface area (Å²) in [6.45, 7) is 0.358. The molecule has 2 fully saturated rings. The number of rotatable bonds is 12. The highest BCUT2D eigenvalue weighted by Crippen LogP contribution is 2.37. The lowest BCUT2D eigenvalue weighted by Gasteiger charge is -2.40. The number of piperidine rings is 1. The van der Waals surface area contributed by atoms with Crippen LogP contribution in [0.25, 0.3) is 0 Å². The molecule has 4 rings (SSSR count). The summed E-state index contributed by atoms with van der Waals surface area (Å²) in [5.41, 5.74) is 11.9. The van der Waals surface area contributed by atoms with Crippen molar-refractivity contribution in [2.45, 2.75) is 75.9 Å². The van der Waals surface area contributed by atoms with Crippen LogP contribution in [-0.2, 0) is 16.0 Å². The van der Waals surface area contributed by atoms with E-state index in [0.717, 1.165) is 12.5 Å². The van der Waals surface area contributed by atoms with E-state index >= 15 is 0 Å². The summed E-state index contributed by atoms with van der Waals surface area (Å²) in [4.78, 5) is 29.6. The second kappa shape index (κ2) is 16.5. The normalized spacial score (nSPS) is 17.4. The van der Waals surface area contributed by atoms with E-state index in [1.165, 1.54) is 30.3 Å². The van der Waals surface area contributed by atoms with Crippen molar-refractivity contribution in [3.8, 4) is 5.75 Å². The number of benzene rings is 2. The predicted octanol–water partition coefficient (Wildman–Crippen LogP) is 5.26. The number of carbonyl (C=O) groups excluding carboxylic acids is 2. The number of amidine groups is 1. The van der Waals surface area contributed by atoms with Gasteiger partial charge in [-0.05, 0) is 61.1 Å². The molecule has 2 atom stereocenters. The summed E-state index contributed by atoms with van der Waals surface area (Å²) in [6.07, 6.45) is -6.60. The van der Waals surface area contributed by atoms with Gasteiger partial charge in [0.25, 0.3) is 0 Å². The maximum absolute atomic E-state index is 14.4. The molecule has 0 bridgehead atoms. The number of ether oxygens (including phenoxy) is 1. The summed E-state index contributed by atoms with van der Waals surface area (Å²) in [5, 5.41) is 18.1. The Morgan fingerprint density at radius 1 is 0.920 bits per heavy atom. The van der Waals surface area contributed by atoms with E-state index in [-0.39, 0.29) is 36.2 Å². The third-order valence-electron chi connectivity index (χ3n) is 9.47. The van der Waals surface area contributed by atoms with E-state index in [4.69, 9.17) is 22.3 Å². The molecule has 2 amide bonds. The fourth-order valence-electron chi connectivity index (χ4n) is 6.92. The number of nitrogens with two attached hydrogens (primary N) is 2. The lowest BCUT2D eigenvalue weighted by atomic mass is 9.81. The van der Waals surface area contributed by atoms with Crippen molar-refractivity contribution in [1.82, 2.24) is 15.1 Å². The molecule has 16 heteroatoms. The van der Waals surface area contributed by atoms with Crippen LogP contribution in [0.4, 0.5) is 26.3 Å². The Labute approximate surface area is 286 Å². The van der Waals surface area contributed by atoms with Gasteiger partial charge in [0.05, 0.1) is 0 Å². The Hall–Kier alpha value is -4.50. The number of carbonyl (C=O) groups is 2. The molecule has 7 N–H and O–H groups in total. The number of likely N-dealkylation sites (tertiary alicyclic amines) is 1. The van der Waals surface area contributed by atoms with Gasteiger partial charge in [0.1, 0.15) is 17.6 Å². The minimum atomic E-state index is -5.39. The van der Waals surface area contributed by atoms with E-state index in [0.29, 0.717) is 67.6 Å². The monoisotopic (exact) mass is 711 g/mol. The average Bonchev–Trinajstić information content (AvgIpc) is 3.06. The van der Waals surface area contributed by atoms with Crippen molar-refractivity contribution in [1.29, 1.82) is 10.8 Å². The topological polar surface area (TPSA) is 162 Å². The molecule has 1 heterocycles. The Morgan fingerprint density at radius 3 is 2.10 bits per heavy atom. The summed E-state index contributed by atoms with van der Waals surface area (Å²) < 4.78 is 88.1. The number of alkyl halides is 6. The number of nitrogens with one attached hydrogen (secondary N) is 3. The van der Waals surface area contributed by atoms with Gasteiger partial charge in [0.15, 0.2) is 5.96 Å². The number of guanidine groups is 1. The summed E-state index contributed by atoms with van der Waals surface area (Å²) in [5.74, 6) is -5.80. The predicted molar refractivity (Wildman–Crippen MR) is 174 cm³/mol. The van der Waals surface area contributed by atoms with Crippen LogP contribution in [-0.4, -0.2) is 78.2 Å². The van der Waals surface area contributed by atoms with Crippen LogP contribution in [0.1, 0.15) is 67.6 Å². The van der Waals surface area contributed by atoms with E-state index in [1.54, 1.807) is 17.0 Å². The van der Waals surface area contributed by atoms with Crippen molar-refractivity contribution in [2.75, 3.05) is 26.2 Å². The van der Waals surface area contributed by atoms with Crippen LogP contribution in [0.3, 0.4) is 0 Å². The zero-order valence-corrected chi connectivity index (χ0v) is 27.5. The number of hydrogen-bond acceptors (Lipinski definition) is 5. The van der Waals surface area contributed by atoms with Crippen molar-refractivity contribution in [2.24, 2.45) is 23.3 Å². The van der Waals surface area contributed by atoms with E-state index < -0.39 is 54.5 Å². The van der Waals surface area contributed by atoms with Crippen LogP contribution in [0, 0.1) is 22.7 Å². The van der Waals surface area contributed by atoms with Crippen LogP contribution in [0.15, 0.2) is 48.5 Å². The first-order chi connectivity index (χ1) is 23.5. The fourth-order valence-corrected chi connectivity index (χ4v) is 6.92.